The van der Waals surface area contributed by atoms with E-state index >= 15 is 0 Å². The zero-order valence-electron chi connectivity index (χ0n) is 16.4. The maximum Gasteiger partial charge on any atom is 0.262 e. The van der Waals surface area contributed by atoms with Crippen LogP contribution in [0.3, 0.4) is 0 Å². The second kappa shape index (κ2) is 10.1. The number of para-hydroxylation sites is 1. The number of benzene rings is 2. The van der Waals surface area contributed by atoms with Crippen molar-refractivity contribution >= 4 is 33.4 Å². The lowest BCUT2D eigenvalue weighted by Gasteiger charge is -2.22. The molecule has 0 heterocycles. The van der Waals surface area contributed by atoms with Crippen LogP contribution in [0.5, 0.6) is 5.75 Å². The third kappa shape index (κ3) is 6.22. The van der Waals surface area contributed by atoms with Crippen molar-refractivity contribution in [2.24, 2.45) is 0 Å². The van der Waals surface area contributed by atoms with Gasteiger partial charge >= 0.3 is 0 Å². The van der Waals surface area contributed by atoms with Gasteiger partial charge in [0.2, 0.25) is 10.0 Å². The summed E-state index contributed by atoms with van der Waals surface area (Å²) in [6.07, 6.45) is 7.00. The van der Waals surface area contributed by atoms with Gasteiger partial charge in [0.05, 0.1) is 10.6 Å². The van der Waals surface area contributed by atoms with Crippen molar-refractivity contribution in [3.63, 3.8) is 0 Å². The molecule has 2 aromatic carbocycles. The van der Waals surface area contributed by atoms with Crippen LogP contribution in [0.15, 0.2) is 58.3 Å². The first-order valence-corrected chi connectivity index (χ1v) is 12.4. The van der Waals surface area contributed by atoms with Gasteiger partial charge in [0, 0.05) is 10.9 Å². The fraction of sp³-hybridized carbons (Fsp3) is 0.381. The van der Waals surface area contributed by atoms with Gasteiger partial charge in [0.1, 0.15) is 5.75 Å². The van der Waals surface area contributed by atoms with Crippen LogP contribution < -0.4 is 14.8 Å². The second-order valence-corrected chi connectivity index (χ2v) is 9.53. The van der Waals surface area contributed by atoms with Gasteiger partial charge in [-0.1, -0.05) is 31.4 Å². The molecule has 0 aliphatic heterocycles. The van der Waals surface area contributed by atoms with E-state index in [1.54, 1.807) is 23.9 Å². The molecular formula is C21H26N2O4S2. The largest absolute Gasteiger partial charge is 0.484 e. The van der Waals surface area contributed by atoms with E-state index in [1.165, 1.54) is 18.6 Å². The van der Waals surface area contributed by atoms with E-state index in [1.807, 2.05) is 30.5 Å². The smallest absolute Gasteiger partial charge is 0.262 e. The van der Waals surface area contributed by atoms with Gasteiger partial charge in [-0.3, -0.25) is 4.79 Å². The molecule has 6 nitrogen and oxygen atoms in total. The summed E-state index contributed by atoms with van der Waals surface area (Å²) in [6, 6.07) is 13.7. The summed E-state index contributed by atoms with van der Waals surface area (Å²) in [7, 11) is -3.54. The number of sulfonamides is 1. The molecule has 0 bridgehead atoms. The highest BCUT2D eigenvalue weighted by molar-refractivity contribution is 7.98. The third-order valence-electron chi connectivity index (χ3n) is 4.81. The molecule has 0 saturated heterocycles. The summed E-state index contributed by atoms with van der Waals surface area (Å²) in [5.74, 6) is 0.164. The minimum Gasteiger partial charge on any atom is -0.484 e. The van der Waals surface area contributed by atoms with Crippen molar-refractivity contribution < 1.29 is 17.9 Å². The number of amides is 1. The highest BCUT2D eigenvalue weighted by Gasteiger charge is 2.21. The second-order valence-electron chi connectivity index (χ2n) is 6.96. The van der Waals surface area contributed by atoms with E-state index < -0.39 is 10.0 Å². The molecule has 1 fully saturated rings. The third-order valence-corrected chi connectivity index (χ3v) is 7.14. The maximum absolute atomic E-state index is 12.5. The molecule has 0 atom stereocenters. The topological polar surface area (TPSA) is 84.5 Å². The SMILES string of the molecule is CSc1ccccc1NC(=O)COc1ccc(S(=O)(=O)NC2CCCCC2)cc1. The molecule has 0 unspecified atom stereocenters. The first kappa shape index (κ1) is 21.7. The van der Waals surface area contributed by atoms with Crippen molar-refractivity contribution in [1.82, 2.24) is 4.72 Å². The van der Waals surface area contributed by atoms with Gasteiger partial charge < -0.3 is 10.1 Å². The fourth-order valence-electron chi connectivity index (χ4n) is 3.31. The van der Waals surface area contributed by atoms with Gasteiger partial charge in [0.25, 0.3) is 5.91 Å². The Morgan fingerprint density at radius 2 is 1.76 bits per heavy atom. The number of hydrogen-bond acceptors (Lipinski definition) is 5. The highest BCUT2D eigenvalue weighted by atomic mass is 32.2. The molecule has 156 valence electrons. The average Bonchev–Trinajstić information content (AvgIpc) is 2.73. The number of anilines is 1. The lowest BCUT2D eigenvalue weighted by Crippen LogP contribution is -2.36. The molecule has 1 amide bonds. The maximum atomic E-state index is 12.5. The van der Waals surface area contributed by atoms with E-state index in [2.05, 4.69) is 10.0 Å². The Hall–Kier alpha value is -2.03. The molecule has 0 spiro atoms. The van der Waals surface area contributed by atoms with Crippen LogP contribution in [-0.2, 0) is 14.8 Å². The monoisotopic (exact) mass is 434 g/mol. The number of ether oxygens (including phenoxy) is 1. The molecular weight excluding hydrogens is 408 g/mol. The predicted octanol–water partition coefficient (Wildman–Crippen LogP) is 4.04. The van der Waals surface area contributed by atoms with Gasteiger partial charge in [-0.2, -0.15) is 0 Å². The van der Waals surface area contributed by atoms with Crippen LogP contribution in [0.25, 0.3) is 0 Å². The van der Waals surface area contributed by atoms with Crippen molar-refractivity contribution in [2.75, 3.05) is 18.2 Å². The summed E-state index contributed by atoms with van der Waals surface area (Å²) >= 11 is 1.55. The zero-order chi connectivity index (χ0) is 20.7. The molecule has 1 saturated carbocycles. The molecule has 1 aliphatic carbocycles. The summed E-state index contributed by atoms with van der Waals surface area (Å²) in [5, 5.41) is 2.82. The Bertz CT molecular complexity index is 924. The van der Waals surface area contributed by atoms with Crippen LogP contribution in [0, 0.1) is 0 Å². The van der Waals surface area contributed by atoms with Crippen LogP contribution >= 0.6 is 11.8 Å². The predicted molar refractivity (Wildman–Crippen MR) is 116 cm³/mol. The molecule has 8 heteroatoms. The number of nitrogens with one attached hydrogen (secondary N) is 2. The number of carbonyl (C=O) groups excluding carboxylic acids is 1. The average molecular weight is 435 g/mol. The number of rotatable bonds is 8. The van der Waals surface area contributed by atoms with Gasteiger partial charge in [-0.05, 0) is 55.5 Å². The Morgan fingerprint density at radius 1 is 1.07 bits per heavy atom. The lowest BCUT2D eigenvalue weighted by atomic mass is 9.96. The summed E-state index contributed by atoms with van der Waals surface area (Å²) in [4.78, 5) is 13.3. The van der Waals surface area contributed by atoms with Gasteiger partial charge in [0.15, 0.2) is 6.61 Å². The molecule has 2 N–H and O–H groups in total. The summed E-state index contributed by atoms with van der Waals surface area (Å²) < 4.78 is 33.3. The van der Waals surface area contributed by atoms with E-state index in [0.29, 0.717) is 5.75 Å². The molecule has 3 rings (SSSR count). The number of carbonyl (C=O) groups is 1. The fourth-order valence-corrected chi connectivity index (χ4v) is 5.16. The minimum atomic E-state index is -3.54. The van der Waals surface area contributed by atoms with E-state index in [4.69, 9.17) is 4.74 Å². The molecule has 0 aromatic heterocycles. The van der Waals surface area contributed by atoms with Crippen molar-refractivity contribution in [2.45, 2.75) is 47.9 Å². The zero-order valence-corrected chi connectivity index (χ0v) is 18.0. The van der Waals surface area contributed by atoms with E-state index in [-0.39, 0.29) is 23.5 Å². The molecule has 1 aliphatic rings. The number of hydrogen-bond donors (Lipinski definition) is 2. The van der Waals surface area contributed by atoms with Crippen LogP contribution in [0.2, 0.25) is 0 Å². The Morgan fingerprint density at radius 3 is 2.45 bits per heavy atom. The quantitative estimate of drug-likeness (QED) is 0.613. The Labute approximate surface area is 176 Å². The van der Waals surface area contributed by atoms with Gasteiger partial charge in [-0.25, -0.2) is 13.1 Å². The minimum absolute atomic E-state index is 0.0116. The first-order chi connectivity index (χ1) is 14.0. The molecule has 2 aromatic rings. The van der Waals surface area contributed by atoms with Gasteiger partial charge in [-0.15, -0.1) is 11.8 Å². The Balaban J connectivity index is 1.54. The number of thioether (sulfide) groups is 1. The van der Waals surface area contributed by atoms with E-state index in [9.17, 15) is 13.2 Å². The highest BCUT2D eigenvalue weighted by Crippen LogP contribution is 2.25. The summed E-state index contributed by atoms with van der Waals surface area (Å²) in [5.41, 5.74) is 0.740. The lowest BCUT2D eigenvalue weighted by molar-refractivity contribution is -0.118. The van der Waals surface area contributed by atoms with Crippen molar-refractivity contribution in [3.05, 3.63) is 48.5 Å². The van der Waals surface area contributed by atoms with E-state index in [0.717, 1.165) is 36.3 Å². The van der Waals surface area contributed by atoms with Crippen LogP contribution in [0.1, 0.15) is 32.1 Å². The van der Waals surface area contributed by atoms with Crippen molar-refractivity contribution in [3.8, 4) is 5.75 Å². The van der Waals surface area contributed by atoms with Crippen LogP contribution in [0.4, 0.5) is 5.69 Å². The van der Waals surface area contributed by atoms with Crippen molar-refractivity contribution in [1.29, 1.82) is 0 Å². The van der Waals surface area contributed by atoms with Crippen LogP contribution in [-0.4, -0.2) is 33.2 Å². The molecule has 29 heavy (non-hydrogen) atoms. The standard InChI is InChI=1S/C21H26N2O4S2/c1-28-20-10-6-5-9-19(20)22-21(24)15-27-17-11-13-18(14-12-17)29(25,26)23-16-7-3-2-4-8-16/h5-6,9-14,16,23H,2-4,7-8,15H2,1H3,(H,22,24). The first-order valence-electron chi connectivity index (χ1n) is 9.66. The summed E-state index contributed by atoms with van der Waals surface area (Å²) in [6.45, 7) is -0.158. The normalized spacial score (nSPS) is 15.1. The molecule has 0 radical (unpaired) electrons. The Kier molecular flexibility index (Phi) is 7.57.